The van der Waals surface area contributed by atoms with Crippen LogP contribution in [-0.2, 0) is 19.6 Å². The van der Waals surface area contributed by atoms with E-state index >= 15 is 0 Å². The lowest BCUT2D eigenvalue weighted by Gasteiger charge is -2.28. The Balaban J connectivity index is 1.45. The number of ether oxygens (including phenoxy) is 3. The van der Waals surface area contributed by atoms with E-state index in [1.54, 1.807) is 7.11 Å². The van der Waals surface area contributed by atoms with Crippen LogP contribution < -0.4 is 14.2 Å². The number of hydrogen-bond acceptors (Lipinski definition) is 5. The van der Waals surface area contributed by atoms with Crippen molar-refractivity contribution < 1.29 is 14.2 Å². The average molecular weight is 526 g/mol. The lowest BCUT2D eigenvalue weighted by molar-refractivity contribution is 0.174. The average Bonchev–Trinajstić information content (AvgIpc) is 3.61. The fraction of sp³-hybridized carbons (Fsp3) is 0.364. The van der Waals surface area contributed by atoms with Gasteiger partial charge >= 0.3 is 0 Å². The molecule has 1 atom stereocenters. The van der Waals surface area contributed by atoms with Crippen LogP contribution in [0.2, 0.25) is 0 Å². The second-order valence-electron chi connectivity index (χ2n) is 10.2. The minimum absolute atomic E-state index is 0.288. The van der Waals surface area contributed by atoms with Crippen LogP contribution in [-0.4, -0.2) is 34.9 Å². The van der Waals surface area contributed by atoms with Crippen LogP contribution in [0, 0.1) is 0 Å². The minimum atomic E-state index is 0.288. The Labute approximate surface area is 232 Å². The summed E-state index contributed by atoms with van der Waals surface area (Å²) in [6.45, 7) is 8.31. The molecule has 0 amide bonds. The van der Waals surface area contributed by atoms with E-state index in [0.29, 0.717) is 5.92 Å². The third-order valence-electron chi connectivity index (χ3n) is 7.49. The molecule has 2 heterocycles. The van der Waals surface area contributed by atoms with Crippen LogP contribution >= 0.6 is 0 Å². The van der Waals surface area contributed by atoms with Gasteiger partial charge in [0, 0.05) is 31.7 Å². The van der Waals surface area contributed by atoms with Crippen molar-refractivity contribution in [2.75, 3.05) is 20.4 Å². The Morgan fingerprint density at radius 1 is 0.949 bits per heavy atom. The summed E-state index contributed by atoms with van der Waals surface area (Å²) in [4.78, 5) is 7.45. The zero-order valence-corrected chi connectivity index (χ0v) is 23.3. The molecule has 0 saturated heterocycles. The van der Waals surface area contributed by atoms with Crippen LogP contribution in [0.1, 0.15) is 55.8 Å². The first kappa shape index (κ1) is 26.8. The van der Waals surface area contributed by atoms with Gasteiger partial charge in [-0.1, -0.05) is 68.8 Å². The van der Waals surface area contributed by atoms with Gasteiger partial charge in [0.2, 0.25) is 6.79 Å². The number of nitrogens with zero attached hydrogens (tertiary/aromatic N) is 3. The SMILES string of the molecule is CCCCn1c(CN(Cc2ccc3c(c2)OCO3)CC(CC)c2ccc(OC)cc2)cnc1-c1ccccc1. The number of methoxy groups -OCH3 is 1. The predicted octanol–water partition coefficient (Wildman–Crippen LogP) is 7.28. The van der Waals surface area contributed by atoms with Crippen LogP contribution in [0.15, 0.2) is 79.0 Å². The van der Waals surface area contributed by atoms with Gasteiger partial charge in [-0.05, 0) is 54.2 Å². The second kappa shape index (κ2) is 12.9. The van der Waals surface area contributed by atoms with E-state index in [0.717, 1.165) is 74.1 Å². The summed E-state index contributed by atoms with van der Waals surface area (Å²) in [7, 11) is 1.71. The van der Waals surface area contributed by atoms with Crippen molar-refractivity contribution in [2.24, 2.45) is 0 Å². The Morgan fingerprint density at radius 2 is 1.74 bits per heavy atom. The molecule has 0 fully saturated rings. The molecule has 1 aliphatic rings. The molecule has 5 rings (SSSR count). The highest BCUT2D eigenvalue weighted by Crippen LogP contribution is 2.33. The number of rotatable bonds is 13. The second-order valence-corrected chi connectivity index (χ2v) is 10.2. The molecule has 3 aromatic carbocycles. The van der Waals surface area contributed by atoms with Gasteiger partial charge in [-0.25, -0.2) is 4.98 Å². The van der Waals surface area contributed by atoms with Crippen LogP contribution in [0.3, 0.4) is 0 Å². The fourth-order valence-electron chi connectivity index (χ4n) is 5.29. The first-order valence-electron chi connectivity index (χ1n) is 14.0. The van der Waals surface area contributed by atoms with E-state index in [-0.39, 0.29) is 6.79 Å². The topological polar surface area (TPSA) is 48.8 Å². The number of aromatic nitrogens is 2. The summed E-state index contributed by atoms with van der Waals surface area (Å²) in [6, 6.07) is 25.3. The summed E-state index contributed by atoms with van der Waals surface area (Å²) >= 11 is 0. The summed E-state index contributed by atoms with van der Waals surface area (Å²) in [5, 5.41) is 0. The van der Waals surface area contributed by atoms with E-state index in [2.05, 4.69) is 96.2 Å². The van der Waals surface area contributed by atoms with Gasteiger partial charge in [-0.2, -0.15) is 0 Å². The van der Waals surface area contributed by atoms with Gasteiger partial charge in [0.05, 0.1) is 19.0 Å². The maximum Gasteiger partial charge on any atom is 0.231 e. The Bertz CT molecular complexity index is 1330. The van der Waals surface area contributed by atoms with Gasteiger partial charge in [-0.15, -0.1) is 0 Å². The number of benzene rings is 3. The van der Waals surface area contributed by atoms with E-state index < -0.39 is 0 Å². The van der Waals surface area contributed by atoms with E-state index in [9.17, 15) is 0 Å². The lowest BCUT2D eigenvalue weighted by atomic mass is 9.95. The molecule has 4 aromatic rings. The van der Waals surface area contributed by atoms with E-state index in [1.165, 1.54) is 16.8 Å². The summed E-state index contributed by atoms with van der Waals surface area (Å²) < 4.78 is 19.1. The number of imidazole rings is 1. The number of hydrogen-bond donors (Lipinski definition) is 0. The predicted molar refractivity (Wildman–Crippen MR) is 155 cm³/mol. The highest BCUT2D eigenvalue weighted by atomic mass is 16.7. The Hall–Kier alpha value is -3.77. The summed E-state index contributed by atoms with van der Waals surface area (Å²) in [6.07, 6.45) is 5.38. The van der Waals surface area contributed by atoms with Crippen LogP contribution in [0.4, 0.5) is 0 Å². The van der Waals surface area contributed by atoms with Gasteiger partial charge in [0.15, 0.2) is 11.5 Å². The third kappa shape index (κ3) is 6.45. The molecule has 0 aliphatic carbocycles. The van der Waals surface area contributed by atoms with Gasteiger partial charge in [-0.3, -0.25) is 4.90 Å². The van der Waals surface area contributed by atoms with Crippen molar-refractivity contribution in [3.63, 3.8) is 0 Å². The van der Waals surface area contributed by atoms with Crippen molar-refractivity contribution in [3.05, 3.63) is 95.8 Å². The molecule has 1 aliphatic heterocycles. The number of unbranched alkanes of at least 4 members (excludes halogenated alkanes) is 1. The first-order valence-corrected chi connectivity index (χ1v) is 14.0. The van der Waals surface area contributed by atoms with Crippen molar-refractivity contribution in [2.45, 2.75) is 58.7 Å². The third-order valence-corrected chi connectivity index (χ3v) is 7.49. The largest absolute Gasteiger partial charge is 0.497 e. The summed E-state index contributed by atoms with van der Waals surface area (Å²) in [5.74, 6) is 3.97. The molecule has 0 N–H and O–H groups in total. The number of fused-ring (bicyclic) bond motifs is 1. The highest BCUT2D eigenvalue weighted by Gasteiger charge is 2.21. The smallest absolute Gasteiger partial charge is 0.231 e. The molecule has 39 heavy (non-hydrogen) atoms. The maximum atomic E-state index is 5.68. The molecule has 0 radical (unpaired) electrons. The molecule has 6 heteroatoms. The quantitative estimate of drug-likeness (QED) is 0.184. The minimum Gasteiger partial charge on any atom is -0.497 e. The highest BCUT2D eigenvalue weighted by molar-refractivity contribution is 5.56. The molecule has 1 unspecified atom stereocenters. The zero-order chi connectivity index (χ0) is 27.0. The molecule has 1 aromatic heterocycles. The molecule has 204 valence electrons. The van der Waals surface area contributed by atoms with E-state index in [1.807, 2.05) is 6.07 Å². The lowest BCUT2D eigenvalue weighted by Crippen LogP contribution is -2.29. The van der Waals surface area contributed by atoms with E-state index in [4.69, 9.17) is 19.2 Å². The van der Waals surface area contributed by atoms with Crippen molar-refractivity contribution >= 4 is 0 Å². The van der Waals surface area contributed by atoms with Gasteiger partial charge in [0.1, 0.15) is 11.6 Å². The van der Waals surface area contributed by atoms with Gasteiger partial charge < -0.3 is 18.8 Å². The fourth-order valence-corrected chi connectivity index (χ4v) is 5.29. The standard InChI is InChI=1S/C33H39N3O3/c1-4-6-18-36-29(20-34-33(36)28-10-8-7-9-11-28)23-35(21-25-12-17-31-32(19-25)39-24-38-31)22-26(5-2)27-13-15-30(37-3)16-14-27/h7-17,19-20,26H,4-6,18,21-24H2,1-3H3. The van der Waals surface area contributed by atoms with Crippen molar-refractivity contribution in [1.29, 1.82) is 0 Å². The first-order chi connectivity index (χ1) is 19.2. The molecule has 6 nitrogen and oxygen atoms in total. The molecular formula is C33H39N3O3. The van der Waals surface area contributed by atoms with Crippen LogP contribution in [0.5, 0.6) is 17.2 Å². The molecule has 0 spiro atoms. The summed E-state index contributed by atoms with van der Waals surface area (Å²) in [5.41, 5.74) is 4.95. The maximum absolute atomic E-state index is 5.68. The zero-order valence-electron chi connectivity index (χ0n) is 23.3. The molecule has 0 saturated carbocycles. The van der Waals surface area contributed by atoms with Gasteiger partial charge in [0.25, 0.3) is 0 Å². The Kier molecular flexibility index (Phi) is 8.84. The monoisotopic (exact) mass is 525 g/mol. The molecule has 0 bridgehead atoms. The normalized spacial score (nSPS) is 13.1. The van der Waals surface area contributed by atoms with Crippen molar-refractivity contribution in [1.82, 2.24) is 14.5 Å². The Morgan fingerprint density at radius 3 is 2.49 bits per heavy atom. The van der Waals surface area contributed by atoms with Crippen LogP contribution in [0.25, 0.3) is 11.4 Å². The van der Waals surface area contributed by atoms with Crippen molar-refractivity contribution in [3.8, 4) is 28.6 Å². The molecular weight excluding hydrogens is 486 g/mol.